The van der Waals surface area contributed by atoms with E-state index in [0.29, 0.717) is 5.92 Å². The van der Waals surface area contributed by atoms with Gasteiger partial charge in [0, 0.05) is 11.9 Å². The zero-order valence-corrected chi connectivity index (χ0v) is 10.7. The van der Waals surface area contributed by atoms with Crippen LogP contribution >= 0.6 is 0 Å². The minimum atomic E-state index is 0.571. The van der Waals surface area contributed by atoms with Crippen molar-refractivity contribution >= 4 is 5.71 Å². The molecule has 0 heterocycles. The van der Waals surface area contributed by atoms with Crippen molar-refractivity contribution in [1.82, 2.24) is 0 Å². The summed E-state index contributed by atoms with van der Waals surface area (Å²) in [5.41, 5.74) is 1.19. The van der Waals surface area contributed by atoms with E-state index < -0.39 is 0 Å². The smallest absolute Gasteiger partial charge is 0.0224 e. The molecule has 80 valence electrons. The number of nitrogens with zero attached hydrogens (tertiary/aromatic N) is 1. The summed E-state index contributed by atoms with van der Waals surface area (Å²) >= 11 is 0. The van der Waals surface area contributed by atoms with E-state index in [9.17, 15) is 0 Å². The number of aliphatic imine (C=N–C) groups is 1. The zero-order chi connectivity index (χ0) is 11.3. The number of allylic oxidation sites excluding steroid dienone is 1. The fraction of sp³-hybridized carbons (Fsp3) is 0.750. The summed E-state index contributed by atoms with van der Waals surface area (Å²) in [5.74, 6) is 0.571. The molecule has 0 aliphatic carbocycles. The minimum Gasteiger partial charge on any atom is -0.266 e. The Morgan fingerprint density at radius 2 is 1.46 bits per heavy atom. The molecule has 0 aliphatic rings. The highest BCUT2D eigenvalue weighted by atomic mass is 14.7. The molecule has 0 fully saturated rings. The first-order valence-electron chi connectivity index (χ1n) is 5.34. The summed E-state index contributed by atoms with van der Waals surface area (Å²) in [6, 6.07) is 0. The van der Waals surface area contributed by atoms with E-state index in [4.69, 9.17) is 0 Å². The maximum Gasteiger partial charge on any atom is 0.0224 e. The maximum atomic E-state index is 4.18. The van der Waals surface area contributed by atoms with E-state index >= 15 is 0 Å². The second kappa shape index (κ2) is 17.5. The molecule has 0 aromatic heterocycles. The first-order valence-corrected chi connectivity index (χ1v) is 5.34. The van der Waals surface area contributed by atoms with Gasteiger partial charge in [0.1, 0.15) is 0 Å². The summed E-state index contributed by atoms with van der Waals surface area (Å²) in [7, 11) is 0. The Morgan fingerprint density at radius 1 is 1.08 bits per heavy atom. The quantitative estimate of drug-likeness (QED) is 0.553. The Bertz CT molecular complexity index is 121. The molecule has 0 rings (SSSR count). The van der Waals surface area contributed by atoms with Crippen LogP contribution in [0.4, 0.5) is 0 Å². The van der Waals surface area contributed by atoms with Crippen molar-refractivity contribution in [3.05, 3.63) is 12.3 Å². The van der Waals surface area contributed by atoms with Gasteiger partial charge < -0.3 is 0 Å². The van der Waals surface area contributed by atoms with Crippen LogP contribution in [-0.4, -0.2) is 5.71 Å². The first-order chi connectivity index (χ1) is 6.18. The lowest BCUT2D eigenvalue weighted by Gasteiger charge is -1.99. The van der Waals surface area contributed by atoms with Crippen molar-refractivity contribution in [3.63, 3.8) is 0 Å². The van der Waals surface area contributed by atoms with Gasteiger partial charge in [0.05, 0.1) is 0 Å². The third kappa shape index (κ3) is 18.4. The Kier molecular flexibility index (Phi) is 24.5. The molecule has 0 radical (unpaired) electrons. The Labute approximate surface area is 85.0 Å². The average Bonchev–Trinajstić information content (AvgIpc) is 2.20. The van der Waals surface area contributed by atoms with Gasteiger partial charge in [-0.15, -0.1) is 0 Å². The summed E-state index contributed by atoms with van der Waals surface area (Å²) in [5, 5.41) is 0. The molecule has 1 heteroatoms. The standard InChI is InChI=1S/C8H15N.2C2H6/c1-5-6-9-8(4)7(2)3;2*1-2/h5-7H,1-4H3;2*1-2H3/b6-5-,9-8?;;. The third-order valence-corrected chi connectivity index (χ3v) is 1.26. The van der Waals surface area contributed by atoms with Gasteiger partial charge in [-0.3, -0.25) is 4.99 Å². The van der Waals surface area contributed by atoms with E-state index in [-0.39, 0.29) is 0 Å². The zero-order valence-electron chi connectivity index (χ0n) is 10.7. The first kappa shape index (κ1) is 18.2. The normalized spacial score (nSPS) is 10.4. The molecule has 0 amide bonds. The Balaban J connectivity index is -0.000000218. The van der Waals surface area contributed by atoms with Gasteiger partial charge in [-0.2, -0.15) is 0 Å². The van der Waals surface area contributed by atoms with Crippen LogP contribution in [0.2, 0.25) is 0 Å². The van der Waals surface area contributed by atoms with Gasteiger partial charge >= 0.3 is 0 Å². The highest BCUT2D eigenvalue weighted by Gasteiger charge is 1.93. The van der Waals surface area contributed by atoms with Crippen molar-refractivity contribution in [3.8, 4) is 0 Å². The number of rotatable bonds is 2. The van der Waals surface area contributed by atoms with E-state index in [1.807, 2.05) is 53.8 Å². The molecule has 0 bridgehead atoms. The molecule has 0 saturated carbocycles. The van der Waals surface area contributed by atoms with Crippen LogP contribution in [0.1, 0.15) is 55.4 Å². The van der Waals surface area contributed by atoms with Crippen LogP contribution in [0, 0.1) is 5.92 Å². The summed E-state index contributed by atoms with van der Waals surface area (Å²) in [6.45, 7) is 16.3. The van der Waals surface area contributed by atoms with Gasteiger partial charge in [0.15, 0.2) is 0 Å². The van der Waals surface area contributed by atoms with Crippen LogP contribution in [0.5, 0.6) is 0 Å². The van der Waals surface area contributed by atoms with Gasteiger partial charge in [0.2, 0.25) is 0 Å². The van der Waals surface area contributed by atoms with Gasteiger partial charge in [0.25, 0.3) is 0 Å². The second-order valence-corrected chi connectivity index (χ2v) is 2.41. The molecule has 1 nitrogen and oxygen atoms in total. The van der Waals surface area contributed by atoms with Crippen LogP contribution in [0.25, 0.3) is 0 Å². The summed E-state index contributed by atoms with van der Waals surface area (Å²) in [4.78, 5) is 4.18. The minimum absolute atomic E-state index is 0.571. The van der Waals surface area contributed by atoms with Gasteiger partial charge in [-0.25, -0.2) is 0 Å². The van der Waals surface area contributed by atoms with Crippen LogP contribution in [0.15, 0.2) is 17.3 Å². The molecular formula is C12H27N. The fourth-order valence-electron chi connectivity index (χ4n) is 0.341. The lowest BCUT2D eigenvalue weighted by molar-refractivity contribution is 0.878. The lowest BCUT2D eigenvalue weighted by Crippen LogP contribution is -1.99. The fourth-order valence-corrected chi connectivity index (χ4v) is 0.341. The third-order valence-electron chi connectivity index (χ3n) is 1.26. The predicted octanol–water partition coefficient (Wildman–Crippen LogP) is 4.69. The van der Waals surface area contributed by atoms with Crippen LogP contribution in [-0.2, 0) is 0 Å². The van der Waals surface area contributed by atoms with Gasteiger partial charge in [-0.1, -0.05) is 47.6 Å². The summed E-state index contributed by atoms with van der Waals surface area (Å²) in [6.07, 6.45) is 3.77. The average molecular weight is 185 g/mol. The molecule has 13 heavy (non-hydrogen) atoms. The maximum absolute atomic E-state index is 4.18. The van der Waals surface area contributed by atoms with Crippen molar-refractivity contribution in [2.45, 2.75) is 55.4 Å². The number of hydrogen-bond donors (Lipinski definition) is 0. The topological polar surface area (TPSA) is 12.4 Å². The van der Waals surface area contributed by atoms with Crippen LogP contribution < -0.4 is 0 Å². The van der Waals surface area contributed by atoms with Gasteiger partial charge in [-0.05, 0) is 19.8 Å². The lowest BCUT2D eigenvalue weighted by atomic mass is 10.1. The van der Waals surface area contributed by atoms with Crippen molar-refractivity contribution in [2.24, 2.45) is 10.9 Å². The van der Waals surface area contributed by atoms with Crippen molar-refractivity contribution in [1.29, 1.82) is 0 Å². The Morgan fingerprint density at radius 3 is 1.69 bits per heavy atom. The van der Waals surface area contributed by atoms with Crippen molar-refractivity contribution < 1.29 is 0 Å². The predicted molar refractivity (Wildman–Crippen MR) is 65.5 cm³/mol. The molecular weight excluding hydrogens is 158 g/mol. The molecule has 0 aliphatic heterocycles. The molecule has 0 atom stereocenters. The largest absolute Gasteiger partial charge is 0.266 e. The molecule has 0 unspecified atom stereocenters. The van der Waals surface area contributed by atoms with E-state index in [2.05, 4.69) is 18.8 Å². The molecule has 0 saturated heterocycles. The van der Waals surface area contributed by atoms with E-state index in [1.54, 1.807) is 0 Å². The highest BCUT2D eigenvalue weighted by Crippen LogP contribution is 1.95. The van der Waals surface area contributed by atoms with Crippen LogP contribution in [0.3, 0.4) is 0 Å². The molecule has 0 spiro atoms. The molecule has 0 N–H and O–H groups in total. The molecule has 0 aromatic carbocycles. The number of hydrogen-bond acceptors (Lipinski definition) is 1. The Hall–Kier alpha value is -0.590. The van der Waals surface area contributed by atoms with E-state index in [0.717, 1.165) is 0 Å². The van der Waals surface area contributed by atoms with Crippen molar-refractivity contribution in [2.75, 3.05) is 0 Å². The molecule has 0 aromatic rings. The monoisotopic (exact) mass is 185 g/mol. The second-order valence-electron chi connectivity index (χ2n) is 2.41. The SMILES string of the molecule is C/C=C\N=C(C)C(C)C.CC.CC. The van der Waals surface area contributed by atoms with E-state index in [1.165, 1.54) is 5.71 Å². The summed E-state index contributed by atoms with van der Waals surface area (Å²) < 4.78 is 0. The highest BCUT2D eigenvalue weighted by molar-refractivity contribution is 5.84.